The molecule has 1 aromatic rings. The summed E-state index contributed by atoms with van der Waals surface area (Å²) in [7, 11) is 1.43. The van der Waals surface area contributed by atoms with Gasteiger partial charge in [0, 0.05) is 7.05 Å². The van der Waals surface area contributed by atoms with Gasteiger partial charge < -0.3 is 19.5 Å². The van der Waals surface area contributed by atoms with Gasteiger partial charge in [0.25, 0.3) is 5.91 Å². The van der Waals surface area contributed by atoms with Crippen molar-refractivity contribution >= 4 is 11.9 Å². The average Bonchev–Trinajstić information content (AvgIpc) is 2.36. The smallest absolute Gasteiger partial charge is 0.323 e. The molecule has 1 aliphatic heterocycles. The standard InChI is InChI=1S/C12H13NO5/c1-13(7-10(14)15)12(16)8-3-2-4-9-11(8)18-6-5-17-9/h2-4H,5-7H2,1H3,(H,14,15). The second-order valence-electron chi connectivity index (χ2n) is 3.88. The lowest BCUT2D eigenvalue weighted by atomic mass is 10.1. The van der Waals surface area contributed by atoms with Gasteiger partial charge in [0.1, 0.15) is 19.8 Å². The van der Waals surface area contributed by atoms with E-state index >= 15 is 0 Å². The molecule has 0 radical (unpaired) electrons. The van der Waals surface area contributed by atoms with Crippen molar-refractivity contribution in [3.05, 3.63) is 23.8 Å². The Morgan fingerprint density at radius 1 is 1.33 bits per heavy atom. The van der Waals surface area contributed by atoms with Crippen LogP contribution in [0.4, 0.5) is 0 Å². The highest BCUT2D eigenvalue weighted by Crippen LogP contribution is 2.34. The molecule has 2 rings (SSSR count). The fourth-order valence-electron chi connectivity index (χ4n) is 1.72. The minimum atomic E-state index is -1.06. The Balaban J connectivity index is 2.27. The molecule has 1 N–H and O–H groups in total. The number of ether oxygens (including phenoxy) is 2. The molecule has 96 valence electrons. The Kier molecular flexibility index (Phi) is 3.36. The van der Waals surface area contributed by atoms with E-state index in [0.29, 0.717) is 30.3 Å². The molecule has 0 bridgehead atoms. The zero-order chi connectivity index (χ0) is 13.1. The maximum atomic E-state index is 12.1. The van der Waals surface area contributed by atoms with Crippen LogP contribution in [0.2, 0.25) is 0 Å². The van der Waals surface area contributed by atoms with Crippen LogP contribution >= 0.6 is 0 Å². The normalized spacial score (nSPS) is 12.9. The van der Waals surface area contributed by atoms with Crippen molar-refractivity contribution < 1.29 is 24.2 Å². The molecule has 0 unspecified atom stereocenters. The fourth-order valence-corrected chi connectivity index (χ4v) is 1.72. The SMILES string of the molecule is CN(CC(=O)O)C(=O)c1cccc2c1OCCO2. The number of likely N-dealkylation sites (N-methyl/N-ethyl adjacent to an activating group) is 1. The number of hydrogen-bond acceptors (Lipinski definition) is 4. The number of carbonyl (C=O) groups excluding carboxylic acids is 1. The summed E-state index contributed by atoms with van der Waals surface area (Å²) >= 11 is 0. The van der Waals surface area contributed by atoms with Crippen LogP contribution in [0, 0.1) is 0 Å². The number of aliphatic carboxylic acids is 1. The Bertz CT molecular complexity index is 485. The summed E-state index contributed by atoms with van der Waals surface area (Å²) in [5.74, 6) is -0.575. The molecule has 1 aliphatic rings. The van der Waals surface area contributed by atoms with Gasteiger partial charge in [-0.1, -0.05) is 6.07 Å². The van der Waals surface area contributed by atoms with E-state index in [4.69, 9.17) is 14.6 Å². The number of carboxylic acids is 1. The fraction of sp³-hybridized carbons (Fsp3) is 0.333. The van der Waals surface area contributed by atoms with Gasteiger partial charge in [0.05, 0.1) is 5.56 Å². The van der Waals surface area contributed by atoms with E-state index < -0.39 is 11.9 Å². The van der Waals surface area contributed by atoms with Crippen LogP contribution in [0.25, 0.3) is 0 Å². The van der Waals surface area contributed by atoms with E-state index in [1.54, 1.807) is 18.2 Å². The molecule has 18 heavy (non-hydrogen) atoms. The average molecular weight is 251 g/mol. The first kappa shape index (κ1) is 12.2. The lowest BCUT2D eigenvalue weighted by molar-refractivity contribution is -0.137. The van der Waals surface area contributed by atoms with Crippen LogP contribution in [0.5, 0.6) is 11.5 Å². The predicted molar refractivity (Wildman–Crippen MR) is 62.0 cm³/mol. The van der Waals surface area contributed by atoms with Crippen molar-refractivity contribution in [2.75, 3.05) is 26.8 Å². The van der Waals surface area contributed by atoms with Gasteiger partial charge in [-0.3, -0.25) is 9.59 Å². The second kappa shape index (κ2) is 4.95. The molecule has 0 saturated heterocycles. The van der Waals surface area contributed by atoms with E-state index in [0.717, 1.165) is 4.90 Å². The number of rotatable bonds is 3. The van der Waals surface area contributed by atoms with Gasteiger partial charge in [-0.2, -0.15) is 0 Å². The highest BCUT2D eigenvalue weighted by Gasteiger charge is 2.23. The van der Waals surface area contributed by atoms with E-state index in [9.17, 15) is 9.59 Å². The van der Waals surface area contributed by atoms with Gasteiger partial charge in [0.15, 0.2) is 11.5 Å². The molecular weight excluding hydrogens is 238 g/mol. The van der Waals surface area contributed by atoms with Crippen molar-refractivity contribution in [2.45, 2.75) is 0 Å². The largest absolute Gasteiger partial charge is 0.486 e. The van der Waals surface area contributed by atoms with Crippen LogP contribution in [0.1, 0.15) is 10.4 Å². The summed E-state index contributed by atoms with van der Waals surface area (Å²) in [6, 6.07) is 4.98. The Labute approximate surface area is 104 Å². The van der Waals surface area contributed by atoms with E-state index in [2.05, 4.69) is 0 Å². The molecule has 0 fully saturated rings. The topological polar surface area (TPSA) is 76.1 Å². The highest BCUT2D eigenvalue weighted by molar-refractivity contribution is 5.99. The van der Waals surface area contributed by atoms with Crippen molar-refractivity contribution in [3.8, 4) is 11.5 Å². The third kappa shape index (κ3) is 2.37. The molecule has 1 aromatic carbocycles. The summed E-state index contributed by atoms with van der Waals surface area (Å²) < 4.78 is 10.8. The molecule has 0 spiro atoms. The summed E-state index contributed by atoms with van der Waals surface area (Å²) in [6.45, 7) is 0.457. The summed E-state index contributed by atoms with van der Waals surface area (Å²) in [5, 5.41) is 8.67. The van der Waals surface area contributed by atoms with E-state index in [-0.39, 0.29) is 6.54 Å². The first-order chi connectivity index (χ1) is 8.59. The maximum absolute atomic E-state index is 12.1. The summed E-state index contributed by atoms with van der Waals surface area (Å²) in [5.41, 5.74) is 0.316. The minimum absolute atomic E-state index is 0.316. The van der Waals surface area contributed by atoms with E-state index in [1.165, 1.54) is 7.05 Å². The van der Waals surface area contributed by atoms with Gasteiger partial charge in [-0.25, -0.2) is 0 Å². The zero-order valence-corrected chi connectivity index (χ0v) is 9.88. The summed E-state index contributed by atoms with van der Waals surface area (Å²) in [6.07, 6.45) is 0. The van der Waals surface area contributed by atoms with Crippen LogP contribution in [0.15, 0.2) is 18.2 Å². The van der Waals surface area contributed by atoms with E-state index in [1.807, 2.05) is 0 Å². The Hall–Kier alpha value is -2.24. The van der Waals surface area contributed by atoms with Gasteiger partial charge in [0.2, 0.25) is 0 Å². The molecule has 6 heteroatoms. The van der Waals surface area contributed by atoms with Crippen molar-refractivity contribution in [3.63, 3.8) is 0 Å². The number of fused-ring (bicyclic) bond motifs is 1. The quantitative estimate of drug-likeness (QED) is 0.852. The monoisotopic (exact) mass is 251 g/mol. The molecule has 6 nitrogen and oxygen atoms in total. The third-order valence-corrected chi connectivity index (χ3v) is 2.52. The summed E-state index contributed by atoms with van der Waals surface area (Å²) in [4.78, 5) is 23.8. The van der Waals surface area contributed by atoms with Crippen LogP contribution in [-0.2, 0) is 4.79 Å². The Morgan fingerprint density at radius 3 is 2.78 bits per heavy atom. The lowest BCUT2D eigenvalue weighted by Gasteiger charge is -2.22. The molecular formula is C12H13NO5. The first-order valence-corrected chi connectivity index (χ1v) is 5.45. The second-order valence-corrected chi connectivity index (χ2v) is 3.88. The molecule has 1 amide bonds. The van der Waals surface area contributed by atoms with Crippen molar-refractivity contribution in [1.29, 1.82) is 0 Å². The number of para-hydroxylation sites is 1. The maximum Gasteiger partial charge on any atom is 0.323 e. The number of carboxylic acid groups (broad SMARTS) is 1. The molecule has 0 saturated carbocycles. The molecule has 0 aromatic heterocycles. The van der Waals surface area contributed by atoms with Gasteiger partial charge >= 0.3 is 5.97 Å². The number of nitrogens with zero attached hydrogens (tertiary/aromatic N) is 1. The van der Waals surface area contributed by atoms with Crippen LogP contribution in [-0.4, -0.2) is 48.7 Å². The van der Waals surface area contributed by atoms with Crippen molar-refractivity contribution in [2.24, 2.45) is 0 Å². The lowest BCUT2D eigenvalue weighted by Crippen LogP contribution is -2.32. The first-order valence-electron chi connectivity index (χ1n) is 5.45. The molecule has 0 aliphatic carbocycles. The third-order valence-electron chi connectivity index (χ3n) is 2.52. The molecule has 1 heterocycles. The zero-order valence-electron chi connectivity index (χ0n) is 9.88. The number of amides is 1. The number of hydrogen-bond donors (Lipinski definition) is 1. The molecule has 0 atom stereocenters. The van der Waals surface area contributed by atoms with Crippen LogP contribution < -0.4 is 9.47 Å². The van der Waals surface area contributed by atoms with Gasteiger partial charge in [-0.05, 0) is 12.1 Å². The van der Waals surface area contributed by atoms with Crippen LogP contribution in [0.3, 0.4) is 0 Å². The van der Waals surface area contributed by atoms with Gasteiger partial charge in [-0.15, -0.1) is 0 Å². The number of carbonyl (C=O) groups is 2. The minimum Gasteiger partial charge on any atom is -0.486 e. The van der Waals surface area contributed by atoms with Crippen molar-refractivity contribution in [1.82, 2.24) is 4.90 Å². The highest BCUT2D eigenvalue weighted by atomic mass is 16.6. The predicted octanol–water partition coefficient (Wildman–Crippen LogP) is 0.614. The Morgan fingerprint density at radius 2 is 2.06 bits per heavy atom. The number of benzene rings is 1.